The van der Waals surface area contributed by atoms with Crippen LogP contribution in [0.15, 0.2) is 46.0 Å². The van der Waals surface area contributed by atoms with Gasteiger partial charge in [0, 0.05) is 15.6 Å². The summed E-state index contributed by atoms with van der Waals surface area (Å²) in [6.07, 6.45) is 1.48. The molecule has 2 aromatic carbocycles. The molecule has 0 aliphatic carbocycles. The monoisotopic (exact) mass is 392 g/mol. The van der Waals surface area contributed by atoms with Crippen molar-refractivity contribution in [3.8, 4) is 17.2 Å². The minimum absolute atomic E-state index is 0.313. The first-order chi connectivity index (χ1) is 11.6. The fourth-order valence-electron chi connectivity index (χ4n) is 2.08. The number of ether oxygens (including phenoxy) is 3. The van der Waals surface area contributed by atoms with Crippen LogP contribution in [0.1, 0.15) is 15.9 Å². The molecule has 2 aromatic rings. The van der Waals surface area contributed by atoms with E-state index < -0.39 is 0 Å². The molecule has 0 aromatic heterocycles. The Labute approximate surface area is 148 Å². The van der Waals surface area contributed by atoms with Crippen molar-refractivity contribution in [2.75, 3.05) is 21.3 Å². The van der Waals surface area contributed by atoms with Gasteiger partial charge in [0.05, 0.1) is 27.5 Å². The van der Waals surface area contributed by atoms with Crippen molar-refractivity contribution >= 4 is 28.1 Å². The van der Waals surface area contributed by atoms with Crippen LogP contribution in [0.2, 0.25) is 0 Å². The number of hydrazone groups is 1. The molecule has 0 bridgehead atoms. The van der Waals surface area contributed by atoms with E-state index in [1.807, 2.05) is 6.07 Å². The Hall–Kier alpha value is -2.54. The number of methoxy groups -OCH3 is 3. The molecule has 126 valence electrons. The zero-order chi connectivity index (χ0) is 17.5. The van der Waals surface area contributed by atoms with Crippen LogP contribution in [-0.4, -0.2) is 33.5 Å². The van der Waals surface area contributed by atoms with Crippen LogP contribution in [-0.2, 0) is 0 Å². The van der Waals surface area contributed by atoms with Gasteiger partial charge in [-0.1, -0.05) is 22.0 Å². The van der Waals surface area contributed by atoms with E-state index in [9.17, 15) is 4.79 Å². The highest BCUT2D eigenvalue weighted by molar-refractivity contribution is 9.10. The Morgan fingerprint density at radius 3 is 2.46 bits per heavy atom. The molecule has 0 aliphatic heterocycles. The second-order valence-electron chi connectivity index (χ2n) is 4.63. The number of hydrogen-bond donors (Lipinski definition) is 1. The van der Waals surface area contributed by atoms with Gasteiger partial charge in [-0.2, -0.15) is 5.10 Å². The lowest BCUT2D eigenvalue weighted by Gasteiger charge is -2.13. The fourth-order valence-corrected chi connectivity index (χ4v) is 2.48. The minimum Gasteiger partial charge on any atom is -0.493 e. The first-order valence-electron chi connectivity index (χ1n) is 6.98. The van der Waals surface area contributed by atoms with Crippen molar-refractivity contribution in [2.24, 2.45) is 5.10 Å². The molecule has 0 fully saturated rings. The molecule has 0 unspecified atom stereocenters. The summed E-state index contributed by atoms with van der Waals surface area (Å²) in [6.45, 7) is 0. The number of hydrogen-bond acceptors (Lipinski definition) is 5. The summed E-state index contributed by atoms with van der Waals surface area (Å²) in [5.41, 5.74) is 3.62. The van der Waals surface area contributed by atoms with Gasteiger partial charge in [0.1, 0.15) is 0 Å². The van der Waals surface area contributed by atoms with Crippen molar-refractivity contribution in [3.05, 3.63) is 52.0 Å². The van der Waals surface area contributed by atoms with E-state index in [-0.39, 0.29) is 5.91 Å². The molecule has 0 saturated carbocycles. The summed E-state index contributed by atoms with van der Waals surface area (Å²) >= 11 is 3.32. The van der Waals surface area contributed by atoms with E-state index >= 15 is 0 Å². The molecule has 0 saturated heterocycles. The average Bonchev–Trinajstić information content (AvgIpc) is 2.60. The summed E-state index contributed by atoms with van der Waals surface area (Å²) in [5.74, 6) is 1.16. The Bertz CT molecular complexity index is 762. The maximum atomic E-state index is 12.0. The molecule has 0 radical (unpaired) electrons. The summed E-state index contributed by atoms with van der Waals surface area (Å²) < 4.78 is 16.7. The Balaban J connectivity index is 2.18. The lowest BCUT2D eigenvalue weighted by Crippen LogP contribution is -2.17. The van der Waals surface area contributed by atoms with Crippen LogP contribution in [0.25, 0.3) is 0 Å². The van der Waals surface area contributed by atoms with E-state index in [2.05, 4.69) is 26.5 Å². The lowest BCUT2D eigenvalue weighted by atomic mass is 10.2. The van der Waals surface area contributed by atoms with E-state index in [4.69, 9.17) is 14.2 Å². The first-order valence-corrected chi connectivity index (χ1v) is 7.78. The summed E-state index contributed by atoms with van der Waals surface area (Å²) in [7, 11) is 4.59. The number of nitrogens with one attached hydrogen (secondary N) is 1. The van der Waals surface area contributed by atoms with Crippen molar-refractivity contribution in [2.45, 2.75) is 0 Å². The molecule has 24 heavy (non-hydrogen) atoms. The molecule has 1 amide bonds. The number of benzene rings is 2. The fraction of sp³-hybridized carbons (Fsp3) is 0.176. The zero-order valence-electron chi connectivity index (χ0n) is 13.5. The van der Waals surface area contributed by atoms with E-state index in [1.54, 1.807) is 37.4 Å². The number of carbonyl (C=O) groups is 1. The molecule has 0 heterocycles. The van der Waals surface area contributed by atoms with Crippen LogP contribution in [0, 0.1) is 0 Å². The first kappa shape index (κ1) is 17.8. The van der Waals surface area contributed by atoms with Gasteiger partial charge >= 0.3 is 0 Å². The number of rotatable bonds is 6. The van der Waals surface area contributed by atoms with Gasteiger partial charge in [0.2, 0.25) is 5.75 Å². The predicted octanol–water partition coefficient (Wildman–Crippen LogP) is 3.24. The molecule has 0 atom stereocenters. The average molecular weight is 393 g/mol. The number of halogens is 1. The van der Waals surface area contributed by atoms with Crippen LogP contribution < -0.4 is 19.6 Å². The van der Waals surface area contributed by atoms with Gasteiger partial charge in [-0.05, 0) is 30.3 Å². The predicted molar refractivity (Wildman–Crippen MR) is 95.3 cm³/mol. The van der Waals surface area contributed by atoms with Gasteiger partial charge < -0.3 is 14.2 Å². The zero-order valence-corrected chi connectivity index (χ0v) is 15.1. The van der Waals surface area contributed by atoms with Gasteiger partial charge in [0.15, 0.2) is 11.5 Å². The van der Waals surface area contributed by atoms with Crippen molar-refractivity contribution in [1.29, 1.82) is 0 Å². The Morgan fingerprint density at radius 1 is 1.08 bits per heavy atom. The second-order valence-corrected chi connectivity index (χ2v) is 5.55. The standard InChI is InChI=1S/C17H17BrN2O4/c1-22-14-8-7-12(15(23-2)16(14)24-3)10-19-20-17(21)11-5-4-6-13(18)9-11/h4-10H,1-3H3,(H,20,21)/b19-10-. The van der Waals surface area contributed by atoms with Gasteiger partial charge in [-0.15, -0.1) is 0 Å². The Morgan fingerprint density at radius 2 is 1.83 bits per heavy atom. The lowest BCUT2D eigenvalue weighted by molar-refractivity contribution is 0.0955. The molecular formula is C17H17BrN2O4. The molecule has 2 rings (SSSR count). The van der Waals surface area contributed by atoms with Crippen molar-refractivity contribution in [3.63, 3.8) is 0 Å². The van der Waals surface area contributed by atoms with E-state index in [1.165, 1.54) is 20.4 Å². The maximum Gasteiger partial charge on any atom is 0.271 e. The third kappa shape index (κ3) is 4.05. The van der Waals surface area contributed by atoms with Crippen molar-refractivity contribution < 1.29 is 19.0 Å². The highest BCUT2D eigenvalue weighted by atomic mass is 79.9. The summed E-state index contributed by atoms with van der Waals surface area (Å²) in [4.78, 5) is 12.0. The normalized spacial score (nSPS) is 10.5. The SMILES string of the molecule is COc1ccc(/C=N\NC(=O)c2cccc(Br)c2)c(OC)c1OC. The highest BCUT2D eigenvalue weighted by Crippen LogP contribution is 2.38. The molecule has 0 spiro atoms. The molecule has 1 N–H and O–H groups in total. The molecule has 7 heteroatoms. The smallest absolute Gasteiger partial charge is 0.271 e. The van der Waals surface area contributed by atoms with E-state index in [0.29, 0.717) is 28.4 Å². The van der Waals surface area contributed by atoms with Gasteiger partial charge in [0.25, 0.3) is 5.91 Å². The minimum atomic E-state index is -0.313. The Kier molecular flexibility index (Phi) is 6.20. The quantitative estimate of drug-likeness (QED) is 0.605. The molecule has 6 nitrogen and oxygen atoms in total. The number of amides is 1. The number of carbonyl (C=O) groups excluding carboxylic acids is 1. The third-order valence-corrected chi connectivity index (χ3v) is 3.68. The number of nitrogens with zero attached hydrogens (tertiary/aromatic N) is 1. The van der Waals surface area contributed by atoms with Crippen molar-refractivity contribution in [1.82, 2.24) is 5.43 Å². The molecule has 0 aliphatic rings. The van der Waals surface area contributed by atoms with Crippen LogP contribution >= 0.6 is 15.9 Å². The van der Waals surface area contributed by atoms with Gasteiger partial charge in [-0.3, -0.25) is 4.79 Å². The van der Waals surface area contributed by atoms with Crippen LogP contribution in [0.5, 0.6) is 17.2 Å². The van der Waals surface area contributed by atoms with Gasteiger partial charge in [-0.25, -0.2) is 5.43 Å². The highest BCUT2D eigenvalue weighted by Gasteiger charge is 2.14. The summed E-state index contributed by atoms with van der Waals surface area (Å²) in [5, 5.41) is 3.97. The third-order valence-electron chi connectivity index (χ3n) is 3.19. The molecular weight excluding hydrogens is 376 g/mol. The summed E-state index contributed by atoms with van der Waals surface area (Å²) in [6, 6.07) is 10.5. The van der Waals surface area contributed by atoms with Crippen LogP contribution in [0.3, 0.4) is 0 Å². The largest absolute Gasteiger partial charge is 0.493 e. The van der Waals surface area contributed by atoms with Crippen LogP contribution in [0.4, 0.5) is 0 Å². The topological polar surface area (TPSA) is 69.2 Å². The maximum absolute atomic E-state index is 12.0. The van der Waals surface area contributed by atoms with E-state index in [0.717, 1.165) is 4.47 Å². The second kappa shape index (κ2) is 8.35.